The first-order chi connectivity index (χ1) is 10.3. The van der Waals surface area contributed by atoms with E-state index in [9.17, 15) is 0 Å². The van der Waals surface area contributed by atoms with Gasteiger partial charge in [0.25, 0.3) is 0 Å². The van der Waals surface area contributed by atoms with Crippen LogP contribution in [-0.2, 0) is 13.1 Å². The molecule has 3 aromatic rings. The number of hydrogen-bond donors (Lipinski definition) is 1. The maximum Gasteiger partial charge on any atom is 0.170 e. The number of para-hydroxylation sites is 1. The molecule has 0 unspecified atom stereocenters. The molecule has 1 N–H and O–H groups in total. The number of hydrogen-bond acceptors (Lipinski definition) is 5. The van der Waals surface area contributed by atoms with Gasteiger partial charge in [-0.1, -0.05) is 24.3 Å². The van der Waals surface area contributed by atoms with E-state index in [1.807, 2.05) is 36.4 Å². The molecule has 0 atom stereocenters. The van der Waals surface area contributed by atoms with Gasteiger partial charge in [0.15, 0.2) is 5.82 Å². The molecule has 0 aliphatic rings. The van der Waals surface area contributed by atoms with Crippen LogP contribution in [0.15, 0.2) is 48.7 Å². The minimum absolute atomic E-state index is 0.581. The molecule has 0 aliphatic carbocycles. The molecule has 0 aliphatic heterocycles. The van der Waals surface area contributed by atoms with Gasteiger partial charge in [-0.15, -0.1) is 5.10 Å². The van der Waals surface area contributed by atoms with E-state index in [2.05, 4.69) is 38.8 Å². The summed E-state index contributed by atoms with van der Waals surface area (Å²) in [5, 5.41) is 15.2. The lowest BCUT2D eigenvalue weighted by Gasteiger charge is -2.07. The second-order valence-electron chi connectivity index (χ2n) is 4.71. The van der Waals surface area contributed by atoms with Crippen molar-refractivity contribution < 1.29 is 0 Å². The predicted molar refractivity (Wildman–Crippen MR) is 78.7 cm³/mol. The number of nitrogens with zero attached hydrogens (tertiary/aromatic N) is 5. The highest BCUT2D eigenvalue weighted by atomic mass is 15.5. The van der Waals surface area contributed by atoms with Gasteiger partial charge in [-0.05, 0) is 41.1 Å². The Morgan fingerprint density at radius 1 is 1.05 bits per heavy atom. The van der Waals surface area contributed by atoms with Crippen molar-refractivity contribution in [3.8, 4) is 5.69 Å². The number of pyridine rings is 1. The molecule has 0 radical (unpaired) electrons. The fourth-order valence-electron chi connectivity index (χ4n) is 2.08. The molecular weight excluding hydrogens is 264 g/mol. The Morgan fingerprint density at radius 3 is 2.71 bits per heavy atom. The Kier molecular flexibility index (Phi) is 3.97. The normalized spacial score (nSPS) is 10.7. The van der Waals surface area contributed by atoms with E-state index in [4.69, 9.17) is 0 Å². The number of aryl methyl sites for hydroxylation is 1. The highest BCUT2D eigenvalue weighted by molar-refractivity contribution is 5.30. The number of nitrogens with one attached hydrogen (secondary N) is 1. The van der Waals surface area contributed by atoms with Crippen molar-refractivity contribution in [2.45, 2.75) is 20.0 Å². The molecule has 21 heavy (non-hydrogen) atoms. The third kappa shape index (κ3) is 3.11. The molecule has 106 valence electrons. The van der Waals surface area contributed by atoms with E-state index in [1.165, 1.54) is 5.56 Å². The molecule has 2 aromatic heterocycles. The summed E-state index contributed by atoms with van der Waals surface area (Å²) in [5.74, 6) is 0.773. The van der Waals surface area contributed by atoms with Crippen LogP contribution in [0.25, 0.3) is 5.69 Å². The summed E-state index contributed by atoms with van der Waals surface area (Å²) in [6.07, 6.45) is 1.80. The van der Waals surface area contributed by atoms with Gasteiger partial charge in [0.2, 0.25) is 0 Å². The third-order valence-electron chi connectivity index (χ3n) is 3.23. The van der Waals surface area contributed by atoms with Gasteiger partial charge in [-0.2, -0.15) is 4.68 Å². The van der Waals surface area contributed by atoms with Crippen LogP contribution in [-0.4, -0.2) is 25.2 Å². The Bertz CT molecular complexity index is 707. The lowest BCUT2D eigenvalue weighted by Crippen LogP contribution is -2.18. The monoisotopic (exact) mass is 280 g/mol. The minimum atomic E-state index is 0.581. The largest absolute Gasteiger partial charge is 0.304 e. The van der Waals surface area contributed by atoms with Crippen LogP contribution in [0.2, 0.25) is 0 Å². The van der Waals surface area contributed by atoms with Gasteiger partial charge >= 0.3 is 0 Å². The van der Waals surface area contributed by atoms with E-state index < -0.39 is 0 Å². The average molecular weight is 280 g/mol. The van der Waals surface area contributed by atoms with Crippen LogP contribution in [0.4, 0.5) is 0 Å². The number of rotatable bonds is 5. The molecule has 0 bridgehead atoms. The standard InChI is InChI=1S/C15H16N6/c1-12-6-5-9-17-14(12)10-16-11-15-18-19-20-21(15)13-7-3-2-4-8-13/h2-9,16H,10-11H2,1H3. The Hall–Kier alpha value is -2.60. The van der Waals surface area contributed by atoms with E-state index in [1.54, 1.807) is 10.9 Å². The van der Waals surface area contributed by atoms with Crippen molar-refractivity contribution in [3.63, 3.8) is 0 Å². The molecular formula is C15H16N6. The first kappa shape index (κ1) is 13.4. The second kappa shape index (κ2) is 6.23. The molecule has 0 saturated heterocycles. The summed E-state index contributed by atoms with van der Waals surface area (Å²) in [5.41, 5.74) is 3.16. The lowest BCUT2D eigenvalue weighted by atomic mass is 10.2. The molecule has 0 fully saturated rings. The van der Waals surface area contributed by atoms with Crippen molar-refractivity contribution >= 4 is 0 Å². The van der Waals surface area contributed by atoms with Gasteiger partial charge in [0.05, 0.1) is 17.9 Å². The van der Waals surface area contributed by atoms with E-state index in [-0.39, 0.29) is 0 Å². The maximum atomic E-state index is 4.36. The van der Waals surface area contributed by atoms with Crippen LogP contribution in [0.1, 0.15) is 17.1 Å². The number of aromatic nitrogens is 5. The van der Waals surface area contributed by atoms with Crippen LogP contribution in [0.3, 0.4) is 0 Å². The zero-order valence-electron chi connectivity index (χ0n) is 11.8. The lowest BCUT2D eigenvalue weighted by molar-refractivity contribution is 0.631. The zero-order valence-corrected chi connectivity index (χ0v) is 11.8. The Morgan fingerprint density at radius 2 is 1.90 bits per heavy atom. The summed E-state index contributed by atoms with van der Waals surface area (Å²) in [6.45, 7) is 3.32. The quantitative estimate of drug-likeness (QED) is 0.769. The maximum absolute atomic E-state index is 4.36. The van der Waals surface area contributed by atoms with Crippen molar-refractivity contribution in [1.29, 1.82) is 0 Å². The highest BCUT2D eigenvalue weighted by Gasteiger charge is 2.07. The van der Waals surface area contributed by atoms with Crippen molar-refractivity contribution in [3.05, 3.63) is 65.7 Å². The smallest absolute Gasteiger partial charge is 0.170 e. The molecule has 6 nitrogen and oxygen atoms in total. The Labute approximate surface area is 122 Å². The summed E-state index contributed by atoms with van der Waals surface area (Å²) < 4.78 is 1.73. The van der Waals surface area contributed by atoms with Crippen LogP contribution in [0, 0.1) is 6.92 Å². The molecule has 0 saturated carbocycles. The second-order valence-corrected chi connectivity index (χ2v) is 4.71. The van der Waals surface area contributed by atoms with Crippen molar-refractivity contribution in [1.82, 2.24) is 30.5 Å². The van der Waals surface area contributed by atoms with Crippen LogP contribution in [0.5, 0.6) is 0 Å². The van der Waals surface area contributed by atoms with E-state index >= 15 is 0 Å². The third-order valence-corrected chi connectivity index (χ3v) is 3.23. The fraction of sp³-hybridized carbons (Fsp3) is 0.200. The summed E-state index contributed by atoms with van der Waals surface area (Å²) in [6, 6.07) is 13.8. The van der Waals surface area contributed by atoms with Crippen molar-refractivity contribution in [2.75, 3.05) is 0 Å². The molecule has 0 spiro atoms. The SMILES string of the molecule is Cc1cccnc1CNCc1nnnn1-c1ccccc1. The molecule has 6 heteroatoms. The van der Waals surface area contributed by atoms with Gasteiger partial charge in [0.1, 0.15) is 0 Å². The summed E-state index contributed by atoms with van der Waals surface area (Å²) in [7, 11) is 0. The predicted octanol–water partition coefficient (Wildman–Crippen LogP) is 1.66. The van der Waals surface area contributed by atoms with Crippen LogP contribution < -0.4 is 5.32 Å². The topological polar surface area (TPSA) is 68.5 Å². The molecule has 2 heterocycles. The number of benzene rings is 1. The first-order valence-electron chi connectivity index (χ1n) is 6.78. The van der Waals surface area contributed by atoms with Gasteiger partial charge in [-0.25, -0.2) is 0 Å². The highest BCUT2D eigenvalue weighted by Crippen LogP contribution is 2.07. The molecule has 0 amide bonds. The average Bonchev–Trinajstić information content (AvgIpc) is 2.99. The summed E-state index contributed by atoms with van der Waals surface area (Å²) >= 11 is 0. The molecule has 3 rings (SSSR count). The minimum Gasteiger partial charge on any atom is -0.304 e. The van der Waals surface area contributed by atoms with Gasteiger partial charge < -0.3 is 5.32 Å². The van der Waals surface area contributed by atoms with Crippen LogP contribution >= 0.6 is 0 Å². The van der Waals surface area contributed by atoms with Gasteiger partial charge in [-0.3, -0.25) is 4.98 Å². The molecule has 1 aromatic carbocycles. The Balaban J connectivity index is 1.67. The first-order valence-corrected chi connectivity index (χ1v) is 6.78. The van der Waals surface area contributed by atoms with E-state index in [0.717, 1.165) is 17.2 Å². The number of tetrazole rings is 1. The van der Waals surface area contributed by atoms with Crippen molar-refractivity contribution in [2.24, 2.45) is 0 Å². The zero-order chi connectivity index (χ0) is 14.5. The summed E-state index contributed by atoms with van der Waals surface area (Å²) in [4.78, 5) is 4.36. The van der Waals surface area contributed by atoms with Gasteiger partial charge in [0, 0.05) is 12.7 Å². The van der Waals surface area contributed by atoms with E-state index in [0.29, 0.717) is 13.1 Å². The fourth-order valence-corrected chi connectivity index (χ4v) is 2.08.